The Labute approximate surface area is 220 Å². The van der Waals surface area contributed by atoms with Gasteiger partial charge in [0.1, 0.15) is 17.7 Å². The maximum absolute atomic E-state index is 13.3. The van der Waals surface area contributed by atoms with E-state index in [1.54, 1.807) is 12.1 Å². The zero-order valence-electron chi connectivity index (χ0n) is 20.0. The Hall–Kier alpha value is -3.76. The molecule has 0 spiro atoms. The summed E-state index contributed by atoms with van der Waals surface area (Å²) in [5, 5.41) is 13.0. The number of sulfonamides is 1. The molecule has 1 atom stereocenters. The lowest BCUT2D eigenvalue weighted by Gasteiger charge is -2.21. The summed E-state index contributed by atoms with van der Waals surface area (Å²) < 4.78 is 32.9. The van der Waals surface area contributed by atoms with Crippen LogP contribution in [0.15, 0.2) is 101 Å². The molecular weight excluding hydrogens is 512 g/mol. The number of nitrogens with zero attached hydrogens (tertiary/aromatic N) is 1. The third kappa shape index (κ3) is 6.33. The summed E-state index contributed by atoms with van der Waals surface area (Å²) in [7, 11) is -4.13. The molecular formula is C27H26N2O6S2. The molecule has 0 saturated carbocycles. The summed E-state index contributed by atoms with van der Waals surface area (Å²) in [6, 6.07) is 23.7. The highest BCUT2D eigenvalue weighted by molar-refractivity contribution is 8.04. The van der Waals surface area contributed by atoms with Crippen LogP contribution < -0.4 is 5.32 Å². The minimum Gasteiger partial charge on any atom is -0.476 e. The van der Waals surface area contributed by atoms with Crippen LogP contribution in [-0.4, -0.2) is 41.7 Å². The van der Waals surface area contributed by atoms with Crippen LogP contribution in [0.25, 0.3) is 0 Å². The average Bonchev–Trinajstić information content (AvgIpc) is 3.33. The van der Waals surface area contributed by atoms with Crippen LogP contribution in [0, 0.1) is 6.92 Å². The molecule has 192 valence electrons. The van der Waals surface area contributed by atoms with Crippen molar-refractivity contribution < 1.29 is 27.9 Å². The number of aliphatic carboxylic acids is 1. The molecule has 0 fully saturated rings. The third-order valence-electron chi connectivity index (χ3n) is 5.70. The van der Waals surface area contributed by atoms with Gasteiger partial charge in [0.15, 0.2) is 5.70 Å². The molecule has 0 bridgehead atoms. The number of rotatable bonds is 10. The first-order valence-electron chi connectivity index (χ1n) is 11.5. The Balaban J connectivity index is 1.61. The second kappa shape index (κ2) is 11.5. The Morgan fingerprint density at radius 3 is 2.16 bits per heavy atom. The third-order valence-corrected chi connectivity index (χ3v) is 8.61. The highest BCUT2D eigenvalue weighted by Gasteiger charge is 2.39. The summed E-state index contributed by atoms with van der Waals surface area (Å²) in [6.45, 7) is 1.88. The fourth-order valence-electron chi connectivity index (χ4n) is 3.74. The van der Waals surface area contributed by atoms with Crippen molar-refractivity contribution in [2.75, 3.05) is 5.88 Å². The monoisotopic (exact) mass is 538 g/mol. The molecule has 10 heteroatoms. The van der Waals surface area contributed by atoms with E-state index in [1.165, 1.54) is 12.1 Å². The van der Waals surface area contributed by atoms with Crippen molar-refractivity contribution in [1.82, 2.24) is 9.62 Å². The Bertz CT molecular complexity index is 1390. The fourth-order valence-corrected chi connectivity index (χ4v) is 6.59. The number of esters is 1. The Kier molecular flexibility index (Phi) is 8.20. The standard InChI is InChI=1S/C27H26N2O6S2/c1-19-12-14-22(15-13-19)37(33,34)29-18-36-25(24(29)26(30)31)28-23(16-20-8-4-2-5-9-20)27(32)35-17-21-10-6-3-7-11-21/h2-15,23,28H,16-18H2,1H3,(H,30,31)/t23-/m0/s1. The second-order valence-electron chi connectivity index (χ2n) is 8.40. The van der Waals surface area contributed by atoms with Crippen molar-refractivity contribution in [1.29, 1.82) is 0 Å². The lowest BCUT2D eigenvalue weighted by atomic mass is 10.1. The van der Waals surface area contributed by atoms with Gasteiger partial charge in [-0.1, -0.05) is 90.1 Å². The maximum atomic E-state index is 13.3. The van der Waals surface area contributed by atoms with Gasteiger partial charge in [0.05, 0.1) is 10.8 Å². The topological polar surface area (TPSA) is 113 Å². The van der Waals surface area contributed by atoms with E-state index in [9.17, 15) is 23.1 Å². The highest BCUT2D eigenvalue weighted by atomic mass is 32.2. The highest BCUT2D eigenvalue weighted by Crippen LogP contribution is 2.35. The number of aryl methyl sites for hydroxylation is 1. The zero-order valence-corrected chi connectivity index (χ0v) is 21.7. The summed E-state index contributed by atoms with van der Waals surface area (Å²) in [6.07, 6.45) is 0.218. The van der Waals surface area contributed by atoms with E-state index in [0.717, 1.165) is 32.8 Å². The molecule has 0 aromatic heterocycles. The SMILES string of the molecule is Cc1ccc(S(=O)(=O)N2CSC(N[C@@H](Cc3ccccc3)C(=O)OCc3ccccc3)=C2C(=O)O)cc1. The molecule has 37 heavy (non-hydrogen) atoms. The van der Waals surface area contributed by atoms with Gasteiger partial charge >= 0.3 is 11.9 Å². The van der Waals surface area contributed by atoms with Gasteiger partial charge in [-0.05, 0) is 30.2 Å². The van der Waals surface area contributed by atoms with Gasteiger partial charge in [0.2, 0.25) is 0 Å². The summed E-state index contributed by atoms with van der Waals surface area (Å²) in [5.41, 5.74) is 2.09. The van der Waals surface area contributed by atoms with Gasteiger partial charge in [0.25, 0.3) is 10.0 Å². The predicted octanol–water partition coefficient (Wildman–Crippen LogP) is 3.89. The number of hydrogen-bond donors (Lipinski definition) is 2. The summed E-state index contributed by atoms with van der Waals surface area (Å²) >= 11 is 1.01. The van der Waals surface area contributed by atoms with E-state index in [0.29, 0.717) is 0 Å². The van der Waals surface area contributed by atoms with E-state index in [2.05, 4.69) is 5.32 Å². The average molecular weight is 539 g/mol. The Morgan fingerprint density at radius 1 is 0.973 bits per heavy atom. The summed E-state index contributed by atoms with van der Waals surface area (Å²) in [4.78, 5) is 25.4. The van der Waals surface area contributed by atoms with Crippen molar-refractivity contribution in [3.05, 3.63) is 112 Å². The van der Waals surface area contributed by atoms with Crippen molar-refractivity contribution in [3.8, 4) is 0 Å². The molecule has 0 aliphatic carbocycles. The molecule has 1 aliphatic heterocycles. The molecule has 3 aromatic rings. The lowest BCUT2D eigenvalue weighted by molar-refractivity contribution is -0.147. The molecule has 2 N–H and O–H groups in total. The van der Waals surface area contributed by atoms with E-state index in [1.807, 2.05) is 67.6 Å². The molecule has 0 unspecified atom stereocenters. The quantitative estimate of drug-likeness (QED) is 0.374. The van der Waals surface area contributed by atoms with Crippen LogP contribution in [0.3, 0.4) is 0 Å². The van der Waals surface area contributed by atoms with Crippen molar-refractivity contribution in [2.45, 2.75) is 30.9 Å². The van der Waals surface area contributed by atoms with Crippen LogP contribution in [0.1, 0.15) is 16.7 Å². The van der Waals surface area contributed by atoms with Gasteiger partial charge in [0, 0.05) is 6.42 Å². The summed E-state index contributed by atoms with van der Waals surface area (Å²) in [5.74, 6) is -2.14. The second-order valence-corrected chi connectivity index (χ2v) is 11.2. The fraction of sp³-hybridized carbons (Fsp3) is 0.185. The lowest BCUT2D eigenvalue weighted by Crippen LogP contribution is -2.40. The number of nitrogens with one attached hydrogen (secondary N) is 1. The van der Waals surface area contributed by atoms with E-state index < -0.39 is 33.7 Å². The van der Waals surface area contributed by atoms with Gasteiger partial charge < -0.3 is 15.2 Å². The van der Waals surface area contributed by atoms with E-state index >= 15 is 0 Å². The van der Waals surface area contributed by atoms with Crippen LogP contribution in [0.4, 0.5) is 0 Å². The number of benzene rings is 3. The molecule has 8 nitrogen and oxygen atoms in total. The largest absolute Gasteiger partial charge is 0.476 e. The minimum atomic E-state index is -4.13. The number of thioether (sulfide) groups is 1. The van der Waals surface area contributed by atoms with Crippen molar-refractivity contribution in [3.63, 3.8) is 0 Å². The number of hydrogen-bond acceptors (Lipinski definition) is 7. The first-order chi connectivity index (χ1) is 17.8. The predicted molar refractivity (Wildman–Crippen MR) is 141 cm³/mol. The number of carbonyl (C=O) groups excluding carboxylic acids is 1. The van der Waals surface area contributed by atoms with Gasteiger partial charge in [-0.25, -0.2) is 22.3 Å². The normalized spacial score (nSPS) is 14.4. The molecule has 1 heterocycles. The number of carboxylic acids is 1. The molecule has 3 aromatic carbocycles. The molecule has 0 saturated heterocycles. The number of ether oxygens (including phenoxy) is 1. The van der Waals surface area contributed by atoms with Crippen molar-refractivity contribution in [2.24, 2.45) is 0 Å². The number of carboxylic acid groups (broad SMARTS) is 1. The maximum Gasteiger partial charge on any atom is 0.355 e. The first-order valence-corrected chi connectivity index (χ1v) is 13.9. The molecule has 0 radical (unpaired) electrons. The minimum absolute atomic E-state index is 0.0122. The van der Waals surface area contributed by atoms with Crippen LogP contribution in [0.5, 0.6) is 0 Å². The van der Waals surface area contributed by atoms with Crippen LogP contribution in [-0.2, 0) is 37.4 Å². The smallest absolute Gasteiger partial charge is 0.355 e. The van der Waals surface area contributed by atoms with Crippen LogP contribution >= 0.6 is 11.8 Å². The van der Waals surface area contributed by atoms with Gasteiger partial charge in [-0.2, -0.15) is 0 Å². The number of carbonyl (C=O) groups is 2. The van der Waals surface area contributed by atoms with E-state index in [-0.39, 0.29) is 28.8 Å². The van der Waals surface area contributed by atoms with Gasteiger partial charge in [-0.15, -0.1) is 0 Å². The van der Waals surface area contributed by atoms with Crippen LogP contribution in [0.2, 0.25) is 0 Å². The molecule has 4 rings (SSSR count). The van der Waals surface area contributed by atoms with Crippen molar-refractivity contribution >= 4 is 33.7 Å². The van der Waals surface area contributed by atoms with Gasteiger partial charge in [-0.3, -0.25) is 0 Å². The molecule has 1 aliphatic rings. The zero-order chi connectivity index (χ0) is 26.4. The molecule has 0 amide bonds. The Morgan fingerprint density at radius 2 is 1.57 bits per heavy atom. The van der Waals surface area contributed by atoms with E-state index in [4.69, 9.17) is 4.74 Å². The first kappa shape index (κ1) is 26.3.